The average Bonchev–Trinajstić information content (AvgIpc) is 2.40. The van der Waals surface area contributed by atoms with Crippen molar-refractivity contribution in [3.63, 3.8) is 0 Å². The summed E-state index contributed by atoms with van der Waals surface area (Å²) < 4.78 is 0. The number of aliphatic hydroxyl groups is 2. The fraction of sp³-hybridized carbons (Fsp3) is 0.889. The van der Waals surface area contributed by atoms with E-state index in [1.165, 1.54) is 51.4 Å². The molecule has 1 aliphatic rings. The molecule has 2 nitrogen and oxygen atoms in total. The van der Waals surface area contributed by atoms with Crippen LogP contribution in [0.3, 0.4) is 0 Å². The van der Waals surface area contributed by atoms with Gasteiger partial charge >= 0.3 is 0 Å². The van der Waals surface area contributed by atoms with Crippen LogP contribution in [-0.4, -0.2) is 16.0 Å². The van der Waals surface area contributed by atoms with Gasteiger partial charge in [-0.2, -0.15) is 0 Å². The van der Waals surface area contributed by atoms with Gasteiger partial charge < -0.3 is 10.2 Å². The molecule has 0 atom stereocenters. The van der Waals surface area contributed by atoms with Crippen LogP contribution in [0.4, 0.5) is 0 Å². The third-order valence-electron chi connectivity index (χ3n) is 3.90. The molecule has 0 unspecified atom stereocenters. The van der Waals surface area contributed by atoms with E-state index in [1.54, 1.807) is 6.08 Å². The van der Waals surface area contributed by atoms with Crippen molar-refractivity contribution in [1.29, 1.82) is 0 Å². The highest BCUT2D eigenvalue weighted by Crippen LogP contribution is 2.21. The molecule has 120 valence electrons. The highest BCUT2D eigenvalue weighted by Gasteiger charge is 2.21. The minimum Gasteiger partial charge on any atom is -0.366 e. The largest absolute Gasteiger partial charge is 0.366 e. The van der Waals surface area contributed by atoms with Gasteiger partial charge in [-0.15, -0.1) is 6.58 Å². The first-order valence-corrected chi connectivity index (χ1v) is 8.64. The van der Waals surface area contributed by atoms with Crippen LogP contribution >= 0.6 is 0 Å². The Balaban J connectivity index is 0.00000110. The lowest BCUT2D eigenvalue weighted by molar-refractivity contribution is -0.172. The van der Waals surface area contributed by atoms with Crippen molar-refractivity contribution in [3.05, 3.63) is 12.7 Å². The molecule has 0 amide bonds. The minimum atomic E-state index is -1.39. The Morgan fingerprint density at radius 1 is 0.650 bits per heavy atom. The van der Waals surface area contributed by atoms with Crippen molar-refractivity contribution < 1.29 is 10.2 Å². The molecule has 20 heavy (non-hydrogen) atoms. The third-order valence-corrected chi connectivity index (χ3v) is 3.90. The zero-order valence-corrected chi connectivity index (χ0v) is 13.6. The molecule has 0 radical (unpaired) electrons. The van der Waals surface area contributed by atoms with E-state index in [1.807, 2.05) is 6.92 Å². The highest BCUT2D eigenvalue weighted by molar-refractivity contribution is 4.65. The topological polar surface area (TPSA) is 40.5 Å². The zero-order chi connectivity index (χ0) is 15.1. The summed E-state index contributed by atoms with van der Waals surface area (Å²) in [4.78, 5) is 0. The maximum atomic E-state index is 9.80. The predicted molar refractivity (Wildman–Crippen MR) is 87.7 cm³/mol. The molecule has 1 rings (SSSR count). The van der Waals surface area contributed by atoms with Crippen molar-refractivity contribution in [2.45, 2.75) is 103 Å². The first-order valence-electron chi connectivity index (χ1n) is 8.64. The lowest BCUT2D eigenvalue weighted by Crippen LogP contribution is -2.27. The molecule has 0 bridgehead atoms. The van der Waals surface area contributed by atoms with E-state index in [9.17, 15) is 10.2 Å². The Morgan fingerprint density at radius 3 is 1.10 bits per heavy atom. The summed E-state index contributed by atoms with van der Waals surface area (Å²) in [6, 6.07) is 0. The Kier molecular flexibility index (Phi) is 13.4. The zero-order valence-electron chi connectivity index (χ0n) is 13.6. The predicted octanol–water partition coefficient (Wildman–Crippen LogP) is 5.33. The molecule has 0 saturated heterocycles. The van der Waals surface area contributed by atoms with Crippen molar-refractivity contribution in [3.8, 4) is 0 Å². The van der Waals surface area contributed by atoms with Gasteiger partial charge in [0.05, 0.1) is 0 Å². The number of allylic oxidation sites excluding steroid dienone is 1. The van der Waals surface area contributed by atoms with E-state index in [4.69, 9.17) is 0 Å². The van der Waals surface area contributed by atoms with E-state index in [-0.39, 0.29) is 0 Å². The van der Waals surface area contributed by atoms with Gasteiger partial charge in [-0.05, 0) is 19.8 Å². The molecule has 0 aromatic rings. The molecular formula is C18H36O2. The molecule has 2 heteroatoms. The number of rotatable bonds is 0. The minimum absolute atomic E-state index is 0.562. The first kappa shape index (κ1) is 19.7. The summed E-state index contributed by atoms with van der Waals surface area (Å²) in [7, 11) is 0. The van der Waals surface area contributed by atoms with Gasteiger partial charge in [0, 0.05) is 12.8 Å². The number of hydrogen-bond donors (Lipinski definition) is 2. The van der Waals surface area contributed by atoms with E-state index in [2.05, 4.69) is 6.58 Å². The molecule has 0 spiro atoms. The first-order chi connectivity index (χ1) is 9.62. The van der Waals surface area contributed by atoms with E-state index < -0.39 is 5.79 Å². The fourth-order valence-electron chi connectivity index (χ4n) is 2.71. The van der Waals surface area contributed by atoms with Crippen LogP contribution in [0.25, 0.3) is 0 Å². The van der Waals surface area contributed by atoms with Gasteiger partial charge in [0.25, 0.3) is 0 Å². The average molecular weight is 284 g/mol. The Morgan fingerprint density at radius 2 is 0.850 bits per heavy atom. The fourth-order valence-corrected chi connectivity index (χ4v) is 2.71. The van der Waals surface area contributed by atoms with Crippen molar-refractivity contribution in [2.24, 2.45) is 0 Å². The maximum Gasteiger partial charge on any atom is 0.162 e. The summed E-state index contributed by atoms with van der Waals surface area (Å²) in [5.41, 5.74) is 0. The lowest BCUT2D eigenvalue weighted by Gasteiger charge is -2.21. The molecular weight excluding hydrogens is 248 g/mol. The number of hydrogen-bond acceptors (Lipinski definition) is 2. The molecule has 0 aromatic heterocycles. The van der Waals surface area contributed by atoms with Crippen molar-refractivity contribution in [2.75, 3.05) is 0 Å². The summed E-state index contributed by atoms with van der Waals surface area (Å²) in [6.07, 6.45) is 17.8. The van der Waals surface area contributed by atoms with Crippen LogP contribution in [-0.2, 0) is 0 Å². The molecule has 1 saturated carbocycles. The maximum absolute atomic E-state index is 9.80. The van der Waals surface area contributed by atoms with Crippen LogP contribution in [0.5, 0.6) is 0 Å². The highest BCUT2D eigenvalue weighted by atomic mass is 16.5. The molecule has 1 aliphatic carbocycles. The van der Waals surface area contributed by atoms with Crippen LogP contribution < -0.4 is 0 Å². The Labute approximate surface area is 126 Å². The molecule has 1 fully saturated rings. The lowest BCUT2D eigenvalue weighted by atomic mass is 10.00. The molecule has 0 heterocycles. The molecule has 2 N–H and O–H groups in total. The van der Waals surface area contributed by atoms with Crippen LogP contribution in [0.1, 0.15) is 96.8 Å². The Hall–Kier alpha value is -0.340. The molecule has 0 aliphatic heterocycles. The summed E-state index contributed by atoms with van der Waals surface area (Å²) in [6.45, 7) is 5.25. The normalized spacial score (nSPS) is 22.6. The van der Waals surface area contributed by atoms with Crippen LogP contribution in [0.2, 0.25) is 0 Å². The van der Waals surface area contributed by atoms with E-state index in [0.717, 1.165) is 25.7 Å². The SMILES string of the molecule is C=CC.OC1(O)CCCCCCCCCCCCCC1. The van der Waals surface area contributed by atoms with E-state index in [0.29, 0.717) is 12.8 Å². The van der Waals surface area contributed by atoms with Crippen LogP contribution in [0.15, 0.2) is 12.7 Å². The third kappa shape index (κ3) is 14.1. The van der Waals surface area contributed by atoms with Gasteiger partial charge in [0.15, 0.2) is 5.79 Å². The van der Waals surface area contributed by atoms with Crippen molar-refractivity contribution in [1.82, 2.24) is 0 Å². The van der Waals surface area contributed by atoms with Gasteiger partial charge in [0.1, 0.15) is 0 Å². The second kappa shape index (κ2) is 13.6. The van der Waals surface area contributed by atoms with Crippen molar-refractivity contribution >= 4 is 0 Å². The van der Waals surface area contributed by atoms with Gasteiger partial charge in [-0.1, -0.05) is 70.3 Å². The van der Waals surface area contributed by atoms with Gasteiger partial charge in [-0.3, -0.25) is 0 Å². The van der Waals surface area contributed by atoms with Crippen LogP contribution in [0, 0.1) is 0 Å². The Bertz CT molecular complexity index is 193. The second-order valence-electron chi connectivity index (χ2n) is 6.13. The van der Waals surface area contributed by atoms with Gasteiger partial charge in [0.2, 0.25) is 0 Å². The quantitative estimate of drug-likeness (QED) is 0.466. The van der Waals surface area contributed by atoms with E-state index >= 15 is 0 Å². The summed E-state index contributed by atoms with van der Waals surface area (Å²) in [5, 5.41) is 19.6. The summed E-state index contributed by atoms with van der Waals surface area (Å²) in [5.74, 6) is -1.39. The smallest absolute Gasteiger partial charge is 0.162 e. The van der Waals surface area contributed by atoms with Gasteiger partial charge in [-0.25, -0.2) is 0 Å². The summed E-state index contributed by atoms with van der Waals surface area (Å²) >= 11 is 0. The molecule has 0 aromatic carbocycles. The monoisotopic (exact) mass is 284 g/mol. The standard InChI is InChI=1S/C15H30O2.C3H6/c16-15(17)13-11-9-7-5-3-1-2-4-6-8-10-12-14-15;1-3-2/h16-17H,1-14H2;3H,1H2,2H3. The second-order valence-corrected chi connectivity index (χ2v) is 6.13.